The highest BCUT2D eigenvalue weighted by Crippen LogP contribution is 2.19. The highest BCUT2D eigenvalue weighted by atomic mass is 79.9. The second kappa shape index (κ2) is 6.89. The number of furan rings is 1. The lowest BCUT2D eigenvalue weighted by atomic mass is 10.2. The van der Waals surface area contributed by atoms with Gasteiger partial charge in [-0.3, -0.25) is 0 Å². The van der Waals surface area contributed by atoms with Crippen LogP contribution in [0.4, 0.5) is 0 Å². The average molecular weight is 324 g/mol. The summed E-state index contributed by atoms with van der Waals surface area (Å²) in [5, 5.41) is 3.07. The van der Waals surface area contributed by atoms with Gasteiger partial charge in [-0.05, 0) is 31.7 Å². The van der Waals surface area contributed by atoms with Gasteiger partial charge in [0.1, 0.15) is 11.5 Å². The third kappa shape index (κ3) is 3.93. The first-order valence-electron chi connectivity index (χ1n) is 6.24. The van der Waals surface area contributed by atoms with Gasteiger partial charge in [-0.2, -0.15) is 0 Å². The molecule has 0 aliphatic rings. The number of nitrogens with one attached hydrogen (secondary N) is 1. The van der Waals surface area contributed by atoms with Gasteiger partial charge in [0.05, 0.1) is 19.8 Å². The zero-order valence-corrected chi connectivity index (χ0v) is 12.8. The van der Waals surface area contributed by atoms with Crippen molar-refractivity contribution in [3.05, 3.63) is 57.5 Å². The van der Waals surface area contributed by atoms with E-state index in [0.29, 0.717) is 13.2 Å². The van der Waals surface area contributed by atoms with Crippen LogP contribution in [0.2, 0.25) is 0 Å². The molecule has 0 saturated heterocycles. The van der Waals surface area contributed by atoms with E-state index in [1.54, 1.807) is 0 Å². The Morgan fingerprint density at radius 2 is 1.95 bits per heavy atom. The van der Waals surface area contributed by atoms with Crippen molar-refractivity contribution in [3.63, 3.8) is 0 Å². The number of hydrogen-bond donors (Lipinski definition) is 1. The maximum absolute atomic E-state index is 5.75. The molecule has 1 heterocycles. The minimum atomic E-state index is 0.570. The van der Waals surface area contributed by atoms with E-state index >= 15 is 0 Å². The van der Waals surface area contributed by atoms with Crippen LogP contribution in [0.3, 0.4) is 0 Å². The molecule has 1 N–H and O–H groups in total. The Bertz CT molecular complexity index is 537. The molecule has 102 valence electrons. The van der Waals surface area contributed by atoms with E-state index < -0.39 is 0 Å². The SMILES string of the molecule is CNCc1cc(COCc2ccccc2Br)c(C)o1. The molecule has 19 heavy (non-hydrogen) atoms. The zero-order chi connectivity index (χ0) is 13.7. The van der Waals surface area contributed by atoms with Crippen LogP contribution < -0.4 is 5.32 Å². The highest BCUT2D eigenvalue weighted by molar-refractivity contribution is 9.10. The topological polar surface area (TPSA) is 34.4 Å². The van der Waals surface area contributed by atoms with Crippen LogP contribution in [0.25, 0.3) is 0 Å². The van der Waals surface area contributed by atoms with Gasteiger partial charge in [0.15, 0.2) is 0 Å². The second-order valence-corrected chi connectivity index (χ2v) is 5.26. The molecule has 3 nitrogen and oxygen atoms in total. The van der Waals surface area contributed by atoms with E-state index in [1.165, 1.54) is 0 Å². The number of rotatable bonds is 6. The van der Waals surface area contributed by atoms with Crippen LogP contribution in [0.1, 0.15) is 22.6 Å². The van der Waals surface area contributed by atoms with Crippen LogP contribution in [0.5, 0.6) is 0 Å². The number of hydrogen-bond acceptors (Lipinski definition) is 3. The normalized spacial score (nSPS) is 10.9. The molecular weight excluding hydrogens is 306 g/mol. The van der Waals surface area contributed by atoms with Crippen molar-refractivity contribution in [2.45, 2.75) is 26.7 Å². The smallest absolute Gasteiger partial charge is 0.118 e. The van der Waals surface area contributed by atoms with Crippen LogP contribution in [0.15, 0.2) is 39.2 Å². The van der Waals surface area contributed by atoms with Gasteiger partial charge < -0.3 is 14.5 Å². The molecule has 1 aromatic heterocycles. The molecule has 0 radical (unpaired) electrons. The Kier molecular flexibility index (Phi) is 5.19. The van der Waals surface area contributed by atoms with Gasteiger partial charge in [0.25, 0.3) is 0 Å². The van der Waals surface area contributed by atoms with Crippen molar-refractivity contribution in [2.24, 2.45) is 0 Å². The first-order valence-corrected chi connectivity index (χ1v) is 7.04. The summed E-state index contributed by atoms with van der Waals surface area (Å²) >= 11 is 3.52. The Morgan fingerprint density at radius 1 is 1.21 bits per heavy atom. The maximum atomic E-state index is 5.75. The lowest BCUT2D eigenvalue weighted by Crippen LogP contribution is -2.03. The molecule has 2 rings (SSSR count). The molecule has 4 heteroatoms. The Balaban J connectivity index is 1.90. The van der Waals surface area contributed by atoms with Crippen LogP contribution in [-0.4, -0.2) is 7.05 Å². The molecule has 0 aliphatic carbocycles. The molecule has 0 aliphatic heterocycles. The van der Waals surface area contributed by atoms with Gasteiger partial charge in [-0.1, -0.05) is 34.1 Å². The first kappa shape index (κ1) is 14.3. The van der Waals surface area contributed by atoms with E-state index in [2.05, 4.69) is 27.3 Å². The lowest BCUT2D eigenvalue weighted by molar-refractivity contribution is 0.106. The Morgan fingerprint density at radius 3 is 2.68 bits per heavy atom. The van der Waals surface area contributed by atoms with Gasteiger partial charge >= 0.3 is 0 Å². The lowest BCUT2D eigenvalue weighted by Gasteiger charge is -2.05. The summed E-state index contributed by atoms with van der Waals surface area (Å²) in [6.07, 6.45) is 0. The largest absolute Gasteiger partial charge is 0.465 e. The Labute approximate surface area is 122 Å². The third-order valence-corrected chi connectivity index (χ3v) is 3.67. The van der Waals surface area contributed by atoms with Crippen LogP contribution >= 0.6 is 15.9 Å². The summed E-state index contributed by atoms with van der Waals surface area (Å²) in [4.78, 5) is 0. The van der Waals surface area contributed by atoms with Crippen molar-refractivity contribution >= 4 is 15.9 Å². The predicted molar refractivity (Wildman–Crippen MR) is 78.8 cm³/mol. The molecule has 0 atom stereocenters. The van der Waals surface area contributed by atoms with Crippen molar-refractivity contribution < 1.29 is 9.15 Å². The van der Waals surface area contributed by atoms with E-state index in [4.69, 9.17) is 9.15 Å². The molecular formula is C15H18BrNO2. The summed E-state index contributed by atoms with van der Waals surface area (Å²) in [5.41, 5.74) is 2.26. The average Bonchev–Trinajstić information content (AvgIpc) is 2.73. The minimum Gasteiger partial charge on any atom is -0.465 e. The Hall–Kier alpha value is -1.10. The number of halogens is 1. The molecule has 0 saturated carbocycles. The maximum Gasteiger partial charge on any atom is 0.118 e. The van der Waals surface area contributed by atoms with Gasteiger partial charge in [0, 0.05) is 10.0 Å². The van der Waals surface area contributed by atoms with Crippen molar-refractivity contribution in [3.8, 4) is 0 Å². The molecule has 0 spiro atoms. The quantitative estimate of drug-likeness (QED) is 0.878. The summed E-state index contributed by atoms with van der Waals surface area (Å²) in [6, 6.07) is 10.1. The van der Waals surface area contributed by atoms with Crippen molar-refractivity contribution in [1.29, 1.82) is 0 Å². The molecule has 0 fully saturated rings. The fourth-order valence-electron chi connectivity index (χ4n) is 1.88. The van der Waals surface area contributed by atoms with Gasteiger partial charge in [0.2, 0.25) is 0 Å². The van der Waals surface area contributed by atoms with Crippen LogP contribution in [-0.2, 0) is 24.5 Å². The standard InChI is InChI=1S/C15H18BrNO2/c1-11-13(7-14(19-11)8-17-2)10-18-9-12-5-3-4-6-15(12)16/h3-7,17H,8-10H2,1-2H3. The predicted octanol–water partition coefficient (Wildman–Crippen LogP) is 3.79. The molecule has 0 unspecified atom stereocenters. The van der Waals surface area contributed by atoms with E-state index in [1.807, 2.05) is 38.2 Å². The fourth-order valence-corrected chi connectivity index (χ4v) is 2.28. The highest BCUT2D eigenvalue weighted by Gasteiger charge is 2.07. The second-order valence-electron chi connectivity index (χ2n) is 4.41. The number of benzene rings is 1. The first-order chi connectivity index (χ1) is 9.20. The summed E-state index contributed by atoms with van der Waals surface area (Å²) in [5.74, 6) is 1.87. The molecule has 1 aromatic carbocycles. The molecule has 0 amide bonds. The fraction of sp³-hybridized carbons (Fsp3) is 0.333. The molecule has 0 bridgehead atoms. The molecule has 2 aromatic rings. The number of ether oxygens (including phenoxy) is 1. The van der Waals surface area contributed by atoms with Crippen molar-refractivity contribution in [2.75, 3.05) is 7.05 Å². The van der Waals surface area contributed by atoms with Crippen LogP contribution in [0, 0.1) is 6.92 Å². The summed E-state index contributed by atoms with van der Waals surface area (Å²) in [6.45, 7) is 3.87. The van der Waals surface area contributed by atoms with E-state index in [0.717, 1.165) is 33.7 Å². The summed E-state index contributed by atoms with van der Waals surface area (Å²) < 4.78 is 12.5. The number of aryl methyl sites for hydroxylation is 1. The van der Waals surface area contributed by atoms with Gasteiger partial charge in [-0.25, -0.2) is 0 Å². The monoisotopic (exact) mass is 323 g/mol. The minimum absolute atomic E-state index is 0.570. The van der Waals surface area contributed by atoms with Crippen molar-refractivity contribution in [1.82, 2.24) is 5.32 Å². The summed E-state index contributed by atoms with van der Waals surface area (Å²) in [7, 11) is 1.90. The third-order valence-electron chi connectivity index (χ3n) is 2.90. The van der Waals surface area contributed by atoms with Gasteiger partial charge in [-0.15, -0.1) is 0 Å². The van der Waals surface area contributed by atoms with E-state index in [9.17, 15) is 0 Å². The zero-order valence-electron chi connectivity index (χ0n) is 11.2. The van der Waals surface area contributed by atoms with E-state index in [-0.39, 0.29) is 0 Å².